The van der Waals surface area contributed by atoms with Crippen molar-refractivity contribution in [3.63, 3.8) is 0 Å². The Balaban J connectivity index is 1.51. The Bertz CT molecular complexity index is 1250. The van der Waals surface area contributed by atoms with Gasteiger partial charge in [0, 0.05) is 23.3 Å². The highest BCUT2D eigenvalue weighted by molar-refractivity contribution is 8.00. The van der Waals surface area contributed by atoms with Gasteiger partial charge >= 0.3 is 0 Å². The molecule has 0 saturated carbocycles. The summed E-state index contributed by atoms with van der Waals surface area (Å²) in [6, 6.07) is -0.973. The van der Waals surface area contributed by atoms with Crippen molar-refractivity contribution in [2.24, 2.45) is 5.16 Å². The van der Waals surface area contributed by atoms with Gasteiger partial charge in [0.2, 0.25) is 6.20 Å². The second-order valence-electron chi connectivity index (χ2n) is 7.56. The zero-order valence-corrected chi connectivity index (χ0v) is 20.5. The Kier molecular flexibility index (Phi) is 7.66. The fourth-order valence-electron chi connectivity index (χ4n) is 3.72. The summed E-state index contributed by atoms with van der Waals surface area (Å²) < 4.78 is 1.71. The second kappa shape index (κ2) is 10.9. The molecule has 2 atom stereocenters. The lowest BCUT2D eigenvalue weighted by Gasteiger charge is -2.50. The number of fused-ring (bicyclic) bond motifs is 1. The first-order valence-electron chi connectivity index (χ1n) is 10.5. The van der Waals surface area contributed by atoms with Gasteiger partial charge in [0.25, 0.3) is 11.8 Å². The summed E-state index contributed by atoms with van der Waals surface area (Å²) in [5, 5.41) is 31.3. The number of rotatable bonds is 10. The average molecular weight is 535 g/mol. The van der Waals surface area contributed by atoms with Crippen LogP contribution in [0.15, 0.2) is 40.4 Å². The number of thiazole rings is 1. The van der Waals surface area contributed by atoms with E-state index in [2.05, 4.69) is 25.8 Å². The van der Waals surface area contributed by atoms with Gasteiger partial charge in [-0.1, -0.05) is 5.16 Å². The number of aliphatic hydroxyl groups excluding tert-OH is 1. The average Bonchev–Trinajstić information content (AvgIpc) is 3.29. The molecule has 2 aliphatic rings. The largest absolute Gasteiger partial charge is 0.543 e. The monoisotopic (exact) mass is 534 g/mol. The molecular formula is C20H22N8O6S2. The number of carbonyl (C=O) groups is 3. The molecule has 2 aromatic heterocycles. The maximum absolute atomic E-state index is 13.0. The van der Waals surface area contributed by atoms with Crippen molar-refractivity contribution in [2.45, 2.75) is 18.0 Å². The molecule has 0 spiro atoms. The molecule has 16 heteroatoms. The van der Waals surface area contributed by atoms with Gasteiger partial charge in [-0.2, -0.15) is 4.57 Å². The number of carboxylic acids is 1. The summed E-state index contributed by atoms with van der Waals surface area (Å²) in [6.45, 7) is 0.416. The first kappa shape index (κ1) is 25.3. The Morgan fingerprint density at radius 2 is 2.28 bits per heavy atom. The smallest absolute Gasteiger partial charge is 0.276 e. The number of carboxylic acid groups (broad SMARTS) is 1. The number of thioether (sulfide) groups is 1. The van der Waals surface area contributed by atoms with Gasteiger partial charge in [0.15, 0.2) is 29.4 Å². The summed E-state index contributed by atoms with van der Waals surface area (Å²) in [7, 11) is 1.27. The number of aromatic nitrogens is 3. The van der Waals surface area contributed by atoms with Gasteiger partial charge < -0.3 is 36.2 Å². The molecule has 14 nitrogen and oxygen atoms in total. The fourth-order valence-corrected chi connectivity index (χ4v) is 5.60. The number of anilines is 2. The van der Waals surface area contributed by atoms with Crippen LogP contribution in [-0.4, -0.2) is 80.9 Å². The van der Waals surface area contributed by atoms with Crippen LogP contribution >= 0.6 is 23.1 Å². The van der Waals surface area contributed by atoms with E-state index in [-0.39, 0.29) is 35.4 Å². The maximum atomic E-state index is 13.0. The van der Waals surface area contributed by atoms with Gasteiger partial charge in [0.1, 0.15) is 24.2 Å². The number of hydrogen-bond donors (Lipinski definition) is 4. The number of oxime groups is 1. The van der Waals surface area contributed by atoms with Crippen LogP contribution in [0.3, 0.4) is 0 Å². The molecule has 0 aromatic carbocycles. The number of β-lactam (4-membered cyclic amide) rings is 1. The van der Waals surface area contributed by atoms with Crippen molar-refractivity contribution < 1.29 is 34.0 Å². The zero-order valence-electron chi connectivity index (χ0n) is 18.9. The lowest BCUT2D eigenvalue weighted by molar-refractivity contribution is -0.688. The molecule has 2 aromatic rings. The van der Waals surface area contributed by atoms with Crippen LogP contribution < -0.4 is 26.0 Å². The Morgan fingerprint density at radius 1 is 1.47 bits per heavy atom. The van der Waals surface area contributed by atoms with Gasteiger partial charge in [-0.25, -0.2) is 9.97 Å². The van der Waals surface area contributed by atoms with E-state index in [9.17, 15) is 19.5 Å². The first-order chi connectivity index (χ1) is 17.3. The third-order valence-electron chi connectivity index (χ3n) is 5.24. The number of aliphatic carboxylic acids is 1. The molecule has 4 rings (SSSR count). The zero-order chi connectivity index (χ0) is 25.8. The van der Waals surface area contributed by atoms with Crippen LogP contribution in [0.25, 0.3) is 0 Å². The number of nitrogens with one attached hydrogen (secondary N) is 2. The van der Waals surface area contributed by atoms with Crippen molar-refractivity contribution in [1.29, 1.82) is 0 Å². The van der Waals surface area contributed by atoms with Crippen LogP contribution in [0.5, 0.6) is 0 Å². The summed E-state index contributed by atoms with van der Waals surface area (Å²) >= 11 is 2.43. The predicted octanol–water partition coefficient (Wildman–Crippen LogP) is -2.73. The molecule has 1 saturated heterocycles. The van der Waals surface area contributed by atoms with E-state index in [0.29, 0.717) is 23.7 Å². The third-order valence-corrected chi connectivity index (χ3v) is 7.25. The molecule has 0 radical (unpaired) electrons. The van der Waals surface area contributed by atoms with Crippen molar-refractivity contribution in [3.05, 3.63) is 40.9 Å². The molecule has 4 heterocycles. The van der Waals surface area contributed by atoms with Crippen LogP contribution in [0.2, 0.25) is 0 Å². The number of aliphatic hydroxyl groups is 1. The minimum atomic E-state index is -1.48. The Morgan fingerprint density at radius 3 is 2.94 bits per heavy atom. The van der Waals surface area contributed by atoms with E-state index in [4.69, 9.17) is 15.7 Å². The van der Waals surface area contributed by atoms with E-state index >= 15 is 0 Å². The summed E-state index contributed by atoms with van der Waals surface area (Å²) in [5.74, 6) is -1.99. The molecule has 0 aliphatic carbocycles. The van der Waals surface area contributed by atoms with Crippen LogP contribution in [-0.2, 0) is 25.8 Å². The second-order valence-corrected chi connectivity index (χ2v) is 9.55. The topological polar surface area (TPSA) is 199 Å². The lowest BCUT2D eigenvalue weighted by atomic mass is 10.0. The fraction of sp³-hybridized carbons (Fsp3) is 0.350. The molecule has 0 bridgehead atoms. The maximum Gasteiger partial charge on any atom is 0.276 e. The molecule has 2 amide bonds. The minimum absolute atomic E-state index is 0.0694. The minimum Gasteiger partial charge on any atom is -0.543 e. The number of nitrogen functional groups attached to an aromatic ring is 1. The third kappa shape index (κ3) is 5.09. The van der Waals surface area contributed by atoms with E-state index in [1.54, 1.807) is 17.0 Å². The van der Waals surface area contributed by atoms with E-state index < -0.39 is 29.2 Å². The van der Waals surface area contributed by atoms with E-state index in [1.807, 2.05) is 0 Å². The number of carbonyl (C=O) groups excluding carboxylic acids is 3. The van der Waals surface area contributed by atoms with E-state index in [0.717, 1.165) is 16.2 Å². The standard InChI is InChI=1S/C20H22N8O6S2/c1-34-26-13(11-9-36-20(21)24-11)16(30)25-14-17(31)28-15(19(32)33)10(8-35-18(14)28)6-27-4-2-22-12(7-27)23-3-5-29/h2,4,7,9,14,18,29H,3,5-6,8H2,1H3,(H4-,21,22,23,24,25,30,32,33)/b26-13-/t14?,18-/m1/s1. The molecule has 2 aliphatic heterocycles. The predicted molar refractivity (Wildman–Crippen MR) is 127 cm³/mol. The quantitative estimate of drug-likeness (QED) is 0.107. The normalized spacial score (nSPS) is 19.4. The Hall–Kier alpha value is -3.76. The summed E-state index contributed by atoms with van der Waals surface area (Å²) in [4.78, 5) is 51.9. The molecule has 1 unspecified atom stereocenters. The lowest BCUT2D eigenvalue weighted by Crippen LogP contribution is -2.71. The van der Waals surface area contributed by atoms with Crippen LogP contribution in [0, 0.1) is 0 Å². The van der Waals surface area contributed by atoms with Gasteiger partial charge in [-0.3, -0.25) is 14.5 Å². The molecule has 1 fully saturated rings. The van der Waals surface area contributed by atoms with Gasteiger partial charge in [0.05, 0.1) is 24.5 Å². The van der Waals surface area contributed by atoms with Crippen molar-refractivity contribution >= 4 is 57.5 Å². The highest BCUT2D eigenvalue weighted by Crippen LogP contribution is 2.40. The van der Waals surface area contributed by atoms with E-state index in [1.165, 1.54) is 30.4 Å². The van der Waals surface area contributed by atoms with Crippen LogP contribution in [0.4, 0.5) is 10.9 Å². The number of nitrogens with two attached hydrogens (primary N) is 1. The Labute approximate surface area is 212 Å². The number of nitrogens with zero attached hydrogens (tertiary/aromatic N) is 5. The molecule has 5 N–H and O–H groups in total. The van der Waals surface area contributed by atoms with Crippen molar-refractivity contribution in [2.75, 3.05) is 37.1 Å². The van der Waals surface area contributed by atoms with Gasteiger partial charge in [-0.05, 0) is 0 Å². The molecule has 36 heavy (non-hydrogen) atoms. The van der Waals surface area contributed by atoms with Crippen molar-refractivity contribution in [1.82, 2.24) is 20.2 Å². The van der Waals surface area contributed by atoms with Crippen molar-refractivity contribution in [3.8, 4) is 0 Å². The van der Waals surface area contributed by atoms with Crippen LogP contribution in [0.1, 0.15) is 5.69 Å². The first-order valence-corrected chi connectivity index (χ1v) is 12.5. The molecule has 190 valence electrons. The molecular weight excluding hydrogens is 512 g/mol. The number of hydrogen-bond acceptors (Lipinski definition) is 13. The summed E-state index contributed by atoms with van der Waals surface area (Å²) in [6.07, 6.45) is 4.85. The highest BCUT2D eigenvalue weighted by Gasteiger charge is 2.53. The van der Waals surface area contributed by atoms with Gasteiger partial charge in [-0.15, -0.1) is 23.1 Å². The SMILES string of the molecule is CO/N=C(\C(=O)NC1C(=O)N2C(C(=O)[O-])=C(C[n+]3ccnc(NCCO)c3)CS[C@H]12)c1csc(N)n1. The summed E-state index contributed by atoms with van der Waals surface area (Å²) in [5.41, 5.74) is 5.92. The highest BCUT2D eigenvalue weighted by atomic mass is 32.2. The number of amides is 2.